The van der Waals surface area contributed by atoms with Crippen molar-refractivity contribution in [3.63, 3.8) is 0 Å². The van der Waals surface area contributed by atoms with Crippen LogP contribution < -0.4 is 11.1 Å². The van der Waals surface area contributed by atoms with Crippen LogP contribution in [-0.4, -0.2) is 5.91 Å². The van der Waals surface area contributed by atoms with Crippen molar-refractivity contribution in [3.8, 4) is 0 Å². The van der Waals surface area contributed by atoms with Gasteiger partial charge < -0.3 is 11.1 Å². The van der Waals surface area contributed by atoms with Gasteiger partial charge in [0.2, 0.25) is 5.91 Å². The van der Waals surface area contributed by atoms with Gasteiger partial charge in [-0.15, -0.1) is 0 Å². The van der Waals surface area contributed by atoms with Crippen molar-refractivity contribution >= 4 is 23.2 Å². The van der Waals surface area contributed by atoms with Gasteiger partial charge in [-0.2, -0.15) is 0 Å². The van der Waals surface area contributed by atoms with Gasteiger partial charge in [-0.1, -0.05) is 23.7 Å². The number of halogens is 1. The number of anilines is 1. The minimum atomic E-state index is -0.472. The van der Waals surface area contributed by atoms with Gasteiger partial charge in [-0.3, -0.25) is 4.79 Å². The van der Waals surface area contributed by atoms with Crippen LogP contribution in [0.5, 0.6) is 0 Å². The Balaban J connectivity index is 2.12. The van der Waals surface area contributed by atoms with E-state index in [0.717, 1.165) is 11.3 Å². The van der Waals surface area contributed by atoms with E-state index in [9.17, 15) is 4.79 Å². The summed E-state index contributed by atoms with van der Waals surface area (Å²) in [6.07, 6.45) is 0. The molecule has 2 aromatic rings. The van der Waals surface area contributed by atoms with Crippen LogP contribution in [0.4, 0.5) is 5.69 Å². The van der Waals surface area contributed by atoms with Crippen molar-refractivity contribution < 1.29 is 4.79 Å². The van der Waals surface area contributed by atoms with Crippen molar-refractivity contribution in [2.24, 2.45) is 5.73 Å². The zero-order chi connectivity index (χ0) is 14.7. The van der Waals surface area contributed by atoms with Crippen molar-refractivity contribution in [1.29, 1.82) is 0 Å². The first kappa shape index (κ1) is 14.4. The van der Waals surface area contributed by atoms with Crippen LogP contribution in [0.2, 0.25) is 5.02 Å². The fourth-order valence-corrected chi connectivity index (χ4v) is 2.37. The normalized spacial score (nSPS) is 10.3. The number of hydrogen-bond acceptors (Lipinski definition) is 2. The molecule has 0 unspecified atom stereocenters. The molecule has 104 valence electrons. The number of nitrogens with one attached hydrogen (secondary N) is 1. The summed E-state index contributed by atoms with van der Waals surface area (Å²) in [5.41, 5.74) is 10.0. The largest absolute Gasteiger partial charge is 0.381 e. The minimum absolute atomic E-state index is 0.421. The first-order valence-electron chi connectivity index (χ1n) is 6.36. The lowest BCUT2D eigenvalue weighted by molar-refractivity contribution is 0.100. The first-order chi connectivity index (χ1) is 9.45. The van der Waals surface area contributed by atoms with Crippen molar-refractivity contribution in [2.75, 3.05) is 5.32 Å². The molecule has 0 aliphatic carbocycles. The molecule has 20 heavy (non-hydrogen) atoms. The van der Waals surface area contributed by atoms with E-state index >= 15 is 0 Å². The number of nitrogens with two attached hydrogens (primary N) is 1. The lowest BCUT2D eigenvalue weighted by Gasteiger charge is -2.10. The fourth-order valence-electron chi connectivity index (χ4n) is 2.12. The molecule has 2 rings (SSSR count). The van der Waals surface area contributed by atoms with E-state index in [0.29, 0.717) is 17.1 Å². The molecule has 3 N–H and O–H groups in total. The number of amides is 1. The predicted molar refractivity (Wildman–Crippen MR) is 83.2 cm³/mol. The maximum atomic E-state index is 11.1. The highest BCUT2D eigenvalue weighted by atomic mass is 35.5. The van der Waals surface area contributed by atoms with Crippen LogP contribution >= 0.6 is 11.6 Å². The van der Waals surface area contributed by atoms with Crippen molar-refractivity contribution in [1.82, 2.24) is 0 Å². The third kappa shape index (κ3) is 3.52. The maximum absolute atomic E-state index is 11.1. The van der Waals surface area contributed by atoms with Crippen LogP contribution in [0, 0.1) is 13.8 Å². The molecule has 0 heterocycles. The second-order valence-corrected chi connectivity index (χ2v) is 5.31. The molecule has 0 spiro atoms. The number of aryl methyl sites for hydroxylation is 2. The molecule has 0 aromatic heterocycles. The van der Waals surface area contributed by atoms with Gasteiger partial charge in [0.15, 0.2) is 0 Å². The molecule has 0 atom stereocenters. The van der Waals surface area contributed by atoms with E-state index in [2.05, 4.69) is 37.4 Å². The molecule has 1 amide bonds. The topological polar surface area (TPSA) is 55.1 Å². The second-order valence-electron chi connectivity index (χ2n) is 4.90. The van der Waals surface area contributed by atoms with E-state index in [4.69, 9.17) is 17.3 Å². The molecule has 3 nitrogen and oxygen atoms in total. The quantitative estimate of drug-likeness (QED) is 0.902. The van der Waals surface area contributed by atoms with Crippen LogP contribution in [0.15, 0.2) is 36.4 Å². The molecule has 4 heteroatoms. The highest BCUT2D eigenvalue weighted by Gasteiger charge is 2.05. The molecule has 0 fully saturated rings. The average Bonchev–Trinajstić information content (AvgIpc) is 2.36. The van der Waals surface area contributed by atoms with Gasteiger partial charge in [0, 0.05) is 22.8 Å². The Morgan fingerprint density at radius 2 is 1.80 bits per heavy atom. The summed E-state index contributed by atoms with van der Waals surface area (Å²) >= 11 is 6.15. The Kier molecular flexibility index (Phi) is 4.30. The third-order valence-corrected chi connectivity index (χ3v) is 3.39. The Hall–Kier alpha value is -2.00. The van der Waals surface area contributed by atoms with E-state index < -0.39 is 5.91 Å². The Bertz CT molecular complexity index is 633. The Morgan fingerprint density at radius 1 is 1.15 bits per heavy atom. The lowest BCUT2D eigenvalue weighted by atomic mass is 10.1. The number of rotatable bonds is 4. The maximum Gasteiger partial charge on any atom is 0.248 e. The summed E-state index contributed by atoms with van der Waals surface area (Å²) < 4.78 is 0. The van der Waals surface area contributed by atoms with Gasteiger partial charge in [-0.25, -0.2) is 0 Å². The molecular weight excluding hydrogens is 272 g/mol. The van der Waals surface area contributed by atoms with Gasteiger partial charge in [-0.05, 0) is 54.8 Å². The molecule has 0 aliphatic heterocycles. The van der Waals surface area contributed by atoms with Crippen molar-refractivity contribution in [3.05, 3.63) is 63.7 Å². The molecule has 0 saturated heterocycles. The van der Waals surface area contributed by atoms with Gasteiger partial charge in [0.05, 0.1) is 0 Å². The van der Waals surface area contributed by atoms with Crippen LogP contribution in [-0.2, 0) is 6.54 Å². The summed E-state index contributed by atoms with van der Waals surface area (Å²) in [6, 6.07) is 11.4. The molecule has 0 radical (unpaired) electrons. The smallest absolute Gasteiger partial charge is 0.248 e. The van der Waals surface area contributed by atoms with E-state index in [-0.39, 0.29) is 0 Å². The number of primary amides is 1. The summed E-state index contributed by atoms with van der Waals surface area (Å²) in [6.45, 7) is 4.72. The summed E-state index contributed by atoms with van der Waals surface area (Å²) in [4.78, 5) is 11.1. The number of hydrogen-bond donors (Lipinski definition) is 2. The van der Waals surface area contributed by atoms with E-state index in [1.807, 2.05) is 6.07 Å². The lowest BCUT2D eigenvalue weighted by Crippen LogP contribution is -2.11. The van der Waals surface area contributed by atoms with Crippen LogP contribution in [0.25, 0.3) is 0 Å². The number of carbonyl (C=O) groups is 1. The fraction of sp³-hybridized carbons (Fsp3) is 0.188. The van der Waals surface area contributed by atoms with E-state index in [1.165, 1.54) is 11.1 Å². The average molecular weight is 289 g/mol. The molecule has 0 saturated carbocycles. The SMILES string of the molecule is Cc1cc(C)cc(NCc2ccc(C(N)=O)cc2Cl)c1. The van der Waals surface area contributed by atoms with Crippen LogP contribution in [0.3, 0.4) is 0 Å². The van der Waals surface area contributed by atoms with E-state index in [1.54, 1.807) is 12.1 Å². The minimum Gasteiger partial charge on any atom is -0.381 e. The Labute approximate surface area is 123 Å². The summed E-state index contributed by atoms with van der Waals surface area (Å²) in [5.74, 6) is -0.472. The highest BCUT2D eigenvalue weighted by molar-refractivity contribution is 6.31. The molecular formula is C16H17ClN2O. The molecule has 0 bridgehead atoms. The summed E-state index contributed by atoms with van der Waals surface area (Å²) in [5, 5.41) is 3.87. The first-order valence-corrected chi connectivity index (χ1v) is 6.74. The van der Waals surface area contributed by atoms with Gasteiger partial charge in [0.1, 0.15) is 0 Å². The number of carbonyl (C=O) groups excluding carboxylic acids is 1. The Morgan fingerprint density at radius 3 is 2.35 bits per heavy atom. The summed E-state index contributed by atoms with van der Waals surface area (Å²) in [7, 11) is 0. The zero-order valence-electron chi connectivity index (χ0n) is 11.5. The third-order valence-electron chi connectivity index (χ3n) is 3.04. The monoisotopic (exact) mass is 288 g/mol. The van der Waals surface area contributed by atoms with Gasteiger partial charge in [0.25, 0.3) is 0 Å². The van der Waals surface area contributed by atoms with Crippen molar-refractivity contribution in [2.45, 2.75) is 20.4 Å². The standard InChI is InChI=1S/C16H17ClN2O/c1-10-5-11(2)7-14(6-10)19-9-13-4-3-12(16(18)20)8-15(13)17/h3-8,19H,9H2,1-2H3,(H2,18,20). The van der Waals surface area contributed by atoms with Crippen LogP contribution in [0.1, 0.15) is 27.0 Å². The second kappa shape index (κ2) is 5.97. The predicted octanol–water partition coefficient (Wildman–Crippen LogP) is 3.67. The zero-order valence-corrected chi connectivity index (χ0v) is 12.3. The molecule has 0 aliphatic rings. The van der Waals surface area contributed by atoms with Gasteiger partial charge >= 0.3 is 0 Å². The number of benzene rings is 2. The molecule has 2 aromatic carbocycles. The highest BCUT2D eigenvalue weighted by Crippen LogP contribution is 2.20.